The molecule has 3 aliphatic rings. The van der Waals surface area contributed by atoms with Crippen LogP contribution in [0.5, 0.6) is 11.5 Å². The molecule has 0 aromatic heterocycles. The molecular formula is C30H34N2O8. The maximum Gasteiger partial charge on any atom is 0.247 e. The SMILES string of the molecule is COc1cc(C=O)cc2c1O[C@@H]1[C@@H](O)[C@H](N(C[C@@H]3CCCO3)C(=O)Cc3ccccc3)C=C(C(=O)NCCO)[C@H]21. The summed E-state index contributed by atoms with van der Waals surface area (Å²) in [6, 6.07) is 11.6. The van der Waals surface area contributed by atoms with Gasteiger partial charge >= 0.3 is 0 Å². The van der Waals surface area contributed by atoms with E-state index in [0.717, 1.165) is 18.4 Å². The molecule has 0 saturated carbocycles. The van der Waals surface area contributed by atoms with Crippen molar-refractivity contribution in [3.05, 3.63) is 70.8 Å². The standard InChI is InChI=1S/C30H34N2O8/c1-38-24-13-19(17-34)12-21-26-22(30(37)31-9-10-33)15-23(27(36)29(26)40-28(21)24)32(16-20-8-5-11-39-20)25(35)14-18-6-3-2-4-7-18/h2-4,6-7,12-13,15,17,20,23,26-27,29,33,36H,5,8-11,14,16H2,1H3,(H,31,37)/t20-,23+,26-,27-,29-/m0/s1. The van der Waals surface area contributed by atoms with Crippen LogP contribution in [0.2, 0.25) is 0 Å². The van der Waals surface area contributed by atoms with Crippen molar-refractivity contribution >= 4 is 18.1 Å². The Labute approximate surface area is 232 Å². The van der Waals surface area contributed by atoms with Crippen molar-refractivity contribution in [2.75, 3.05) is 33.4 Å². The van der Waals surface area contributed by atoms with Crippen LogP contribution in [0, 0.1) is 0 Å². The van der Waals surface area contributed by atoms with Gasteiger partial charge in [0.25, 0.3) is 0 Å². The number of nitrogens with one attached hydrogen (secondary N) is 1. The zero-order valence-corrected chi connectivity index (χ0v) is 22.3. The summed E-state index contributed by atoms with van der Waals surface area (Å²) in [4.78, 5) is 40.5. The van der Waals surface area contributed by atoms with Gasteiger partial charge in [-0.3, -0.25) is 14.4 Å². The Morgan fingerprint density at radius 3 is 2.70 bits per heavy atom. The normalized spacial score (nSPS) is 24.8. The lowest BCUT2D eigenvalue weighted by Gasteiger charge is -2.41. The molecular weight excluding hydrogens is 516 g/mol. The Kier molecular flexibility index (Phi) is 8.49. The Hall–Kier alpha value is -3.73. The molecule has 2 aromatic rings. The number of amides is 2. The molecule has 1 fully saturated rings. The number of hydrogen-bond acceptors (Lipinski definition) is 8. The third-order valence-corrected chi connectivity index (χ3v) is 7.71. The van der Waals surface area contributed by atoms with Gasteiger partial charge in [-0.1, -0.05) is 30.3 Å². The minimum absolute atomic E-state index is 0.0265. The first-order chi connectivity index (χ1) is 19.4. The summed E-state index contributed by atoms with van der Waals surface area (Å²) in [6.45, 7) is 0.623. The number of carbonyl (C=O) groups is 3. The van der Waals surface area contributed by atoms with Crippen LogP contribution < -0.4 is 14.8 Å². The van der Waals surface area contributed by atoms with Gasteiger partial charge < -0.3 is 34.6 Å². The van der Waals surface area contributed by atoms with Crippen LogP contribution >= 0.6 is 0 Å². The molecule has 3 N–H and O–H groups in total. The number of fused-ring (bicyclic) bond motifs is 3. The van der Waals surface area contributed by atoms with Crippen molar-refractivity contribution in [3.63, 3.8) is 0 Å². The van der Waals surface area contributed by atoms with Gasteiger partial charge in [-0.05, 0) is 36.6 Å². The highest BCUT2D eigenvalue weighted by atomic mass is 16.5. The van der Waals surface area contributed by atoms with Gasteiger partial charge in [0, 0.05) is 36.4 Å². The Morgan fingerprint density at radius 2 is 2.02 bits per heavy atom. The zero-order valence-electron chi connectivity index (χ0n) is 22.3. The molecule has 10 nitrogen and oxygen atoms in total. The number of rotatable bonds is 10. The molecule has 212 valence electrons. The van der Waals surface area contributed by atoms with E-state index in [1.54, 1.807) is 17.0 Å². The molecule has 2 aromatic carbocycles. The molecule has 5 rings (SSSR count). The largest absolute Gasteiger partial charge is 0.493 e. The van der Waals surface area contributed by atoms with Gasteiger partial charge in [-0.25, -0.2) is 0 Å². The number of methoxy groups -OCH3 is 1. The van der Waals surface area contributed by atoms with Crippen LogP contribution in [0.25, 0.3) is 0 Å². The molecule has 0 spiro atoms. The number of hydrogen-bond donors (Lipinski definition) is 3. The maximum atomic E-state index is 13.8. The topological polar surface area (TPSA) is 135 Å². The Morgan fingerprint density at radius 1 is 1.23 bits per heavy atom. The summed E-state index contributed by atoms with van der Waals surface area (Å²) < 4.78 is 17.6. The number of aldehydes is 1. The number of aliphatic hydroxyl groups excluding tert-OH is 2. The average Bonchev–Trinajstić information content (AvgIpc) is 3.63. The molecule has 40 heavy (non-hydrogen) atoms. The summed E-state index contributed by atoms with van der Waals surface area (Å²) in [6.07, 6.45) is 1.76. The molecule has 2 aliphatic heterocycles. The van der Waals surface area contributed by atoms with E-state index in [-0.39, 0.29) is 43.7 Å². The molecule has 2 amide bonds. The van der Waals surface area contributed by atoms with E-state index in [2.05, 4.69) is 5.32 Å². The lowest BCUT2D eigenvalue weighted by molar-refractivity contribution is -0.138. The van der Waals surface area contributed by atoms with Gasteiger partial charge in [0.15, 0.2) is 11.5 Å². The van der Waals surface area contributed by atoms with E-state index in [9.17, 15) is 24.6 Å². The lowest BCUT2D eigenvalue weighted by Crippen LogP contribution is -2.57. The highest BCUT2D eigenvalue weighted by Crippen LogP contribution is 2.51. The molecule has 0 unspecified atom stereocenters. The Balaban J connectivity index is 1.56. The van der Waals surface area contributed by atoms with Crippen LogP contribution in [0.3, 0.4) is 0 Å². The first-order valence-corrected chi connectivity index (χ1v) is 13.5. The predicted octanol–water partition coefficient (Wildman–Crippen LogP) is 1.38. The van der Waals surface area contributed by atoms with Crippen molar-refractivity contribution in [1.29, 1.82) is 0 Å². The third-order valence-electron chi connectivity index (χ3n) is 7.71. The number of benzene rings is 2. The molecule has 2 heterocycles. The van der Waals surface area contributed by atoms with E-state index < -0.39 is 30.1 Å². The van der Waals surface area contributed by atoms with Gasteiger partial charge in [-0.15, -0.1) is 0 Å². The van der Waals surface area contributed by atoms with Crippen LogP contribution in [0.15, 0.2) is 54.1 Å². The molecule has 1 saturated heterocycles. The maximum absolute atomic E-state index is 13.8. The zero-order chi connectivity index (χ0) is 28.2. The number of carbonyl (C=O) groups excluding carboxylic acids is 3. The average molecular weight is 551 g/mol. The predicted molar refractivity (Wildman–Crippen MR) is 144 cm³/mol. The van der Waals surface area contributed by atoms with Crippen LogP contribution in [-0.2, 0) is 20.7 Å². The minimum atomic E-state index is -1.20. The van der Waals surface area contributed by atoms with E-state index in [1.807, 2.05) is 30.3 Å². The summed E-state index contributed by atoms with van der Waals surface area (Å²) in [7, 11) is 1.45. The molecule has 5 atom stereocenters. The van der Waals surface area contributed by atoms with Gasteiger partial charge in [-0.2, -0.15) is 0 Å². The fourth-order valence-corrected chi connectivity index (χ4v) is 5.83. The van der Waals surface area contributed by atoms with Crippen molar-refractivity contribution in [1.82, 2.24) is 10.2 Å². The van der Waals surface area contributed by atoms with Crippen LogP contribution in [0.4, 0.5) is 0 Å². The summed E-state index contributed by atoms with van der Waals surface area (Å²) in [5.41, 5.74) is 1.98. The van der Waals surface area contributed by atoms with Crippen LogP contribution in [-0.4, -0.2) is 91.0 Å². The van der Waals surface area contributed by atoms with Crippen molar-refractivity contribution in [2.24, 2.45) is 0 Å². The van der Waals surface area contributed by atoms with Crippen LogP contribution in [0.1, 0.15) is 40.2 Å². The van der Waals surface area contributed by atoms with E-state index >= 15 is 0 Å². The quantitative estimate of drug-likeness (QED) is 0.378. The minimum Gasteiger partial charge on any atom is -0.493 e. The van der Waals surface area contributed by atoms with E-state index in [4.69, 9.17) is 14.2 Å². The summed E-state index contributed by atoms with van der Waals surface area (Å²) >= 11 is 0. The number of aliphatic hydroxyl groups is 2. The molecule has 1 aliphatic carbocycles. The molecule has 10 heteroatoms. The summed E-state index contributed by atoms with van der Waals surface area (Å²) in [5.74, 6) is -0.746. The first kappa shape index (κ1) is 27.8. The monoisotopic (exact) mass is 550 g/mol. The van der Waals surface area contributed by atoms with Gasteiger partial charge in [0.1, 0.15) is 18.5 Å². The number of nitrogens with zero attached hydrogens (tertiary/aromatic N) is 1. The lowest BCUT2D eigenvalue weighted by atomic mass is 9.77. The van der Waals surface area contributed by atoms with Crippen molar-refractivity contribution in [2.45, 2.75) is 49.5 Å². The first-order valence-electron chi connectivity index (χ1n) is 13.5. The Bertz CT molecular complexity index is 1270. The second kappa shape index (κ2) is 12.2. The van der Waals surface area contributed by atoms with Gasteiger partial charge in [0.05, 0.1) is 38.2 Å². The second-order valence-electron chi connectivity index (χ2n) is 10.2. The van der Waals surface area contributed by atoms with Crippen molar-refractivity contribution < 1.29 is 38.8 Å². The molecule has 0 radical (unpaired) electrons. The van der Waals surface area contributed by atoms with E-state index in [1.165, 1.54) is 13.2 Å². The molecule has 0 bridgehead atoms. The smallest absolute Gasteiger partial charge is 0.247 e. The number of ether oxygens (including phenoxy) is 3. The van der Waals surface area contributed by atoms with E-state index in [0.29, 0.717) is 35.5 Å². The van der Waals surface area contributed by atoms with Gasteiger partial charge in [0.2, 0.25) is 11.8 Å². The second-order valence-corrected chi connectivity index (χ2v) is 10.2. The highest BCUT2D eigenvalue weighted by molar-refractivity contribution is 5.96. The highest BCUT2D eigenvalue weighted by Gasteiger charge is 2.51. The fraction of sp³-hybridized carbons (Fsp3) is 0.433. The third kappa shape index (κ3) is 5.47. The summed E-state index contributed by atoms with van der Waals surface area (Å²) in [5, 5.41) is 23.8. The fourth-order valence-electron chi connectivity index (χ4n) is 5.83. The van der Waals surface area contributed by atoms with Crippen molar-refractivity contribution in [3.8, 4) is 11.5 Å².